The Morgan fingerprint density at radius 3 is 2.35 bits per heavy atom. The van der Waals surface area contributed by atoms with Crippen LogP contribution in [0.4, 0.5) is 5.69 Å². The molecule has 1 amide bonds. The summed E-state index contributed by atoms with van der Waals surface area (Å²) in [6.07, 6.45) is 3.57. The maximum atomic E-state index is 13.3. The van der Waals surface area contributed by atoms with E-state index in [1.807, 2.05) is 12.1 Å². The lowest BCUT2D eigenvalue weighted by atomic mass is 10.2. The van der Waals surface area contributed by atoms with Crippen molar-refractivity contribution in [2.75, 3.05) is 44.2 Å². The monoisotopic (exact) mass is 458 g/mol. The van der Waals surface area contributed by atoms with Gasteiger partial charge in [-0.3, -0.25) is 4.79 Å². The van der Waals surface area contributed by atoms with Crippen LogP contribution in [0.5, 0.6) is 0 Å². The largest absolute Gasteiger partial charge is 0.370 e. The number of nitrogens with zero attached hydrogens (tertiary/aromatic N) is 4. The smallest absolute Gasteiger partial charge is 0.265 e. The molecule has 164 valence electrons. The molecule has 2 aliphatic rings. The predicted molar refractivity (Wildman–Crippen MR) is 121 cm³/mol. The van der Waals surface area contributed by atoms with Gasteiger partial charge in [-0.15, -0.1) is 11.3 Å². The Balaban J connectivity index is 1.48. The van der Waals surface area contributed by atoms with Crippen molar-refractivity contribution in [2.24, 2.45) is 0 Å². The van der Waals surface area contributed by atoms with E-state index < -0.39 is 10.0 Å². The van der Waals surface area contributed by atoms with E-state index >= 15 is 0 Å². The quantitative estimate of drug-likeness (QED) is 0.703. The first-order valence-electron chi connectivity index (χ1n) is 10.6. The van der Waals surface area contributed by atoms with Crippen molar-refractivity contribution >= 4 is 33.0 Å². The highest BCUT2D eigenvalue weighted by Gasteiger charge is 2.33. The van der Waals surface area contributed by atoms with E-state index in [0.29, 0.717) is 43.2 Å². The Kier molecular flexibility index (Phi) is 6.60. The van der Waals surface area contributed by atoms with E-state index in [0.717, 1.165) is 37.9 Å². The van der Waals surface area contributed by atoms with Crippen LogP contribution < -0.4 is 4.90 Å². The van der Waals surface area contributed by atoms with Crippen molar-refractivity contribution in [3.63, 3.8) is 0 Å². The Hall–Kier alpha value is -2.41. The number of carbonyl (C=O) groups excluding carboxylic acids is 1. The van der Waals surface area contributed by atoms with Gasteiger partial charge in [0, 0.05) is 45.0 Å². The van der Waals surface area contributed by atoms with Gasteiger partial charge in [-0.05, 0) is 55.0 Å². The molecule has 1 aromatic carbocycles. The second-order valence-electron chi connectivity index (χ2n) is 7.87. The second kappa shape index (κ2) is 9.39. The molecule has 0 N–H and O–H groups in total. The maximum Gasteiger partial charge on any atom is 0.265 e. The highest BCUT2D eigenvalue weighted by molar-refractivity contribution is 7.89. The molecule has 0 atom stereocenters. The van der Waals surface area contributed by atoms with Gasteiger partial charge >= 0.3 is 0 Å². The summed E-state index contributed by atoms with van der Waals surface area (Å²) in [6.45, 7) is 3.63. The van der Waals surface area contributed by atoms with Gasteiger partial charge in [0.05, 0.1) is 11.6 Å². The number of anilines is 1. The number of benzene rings is 1. The first kappa shape index (κ1) is 21.8. The maximum absolute atomic E-state index is 13.3. The normalized spacial score (nSPS) is 18.4. The van der Waals surface area contributed by atoms with Crippen molar-refractivity contribution in [1.82, 2.24) is 9.21 Å². The molecule has 31 heavy (non-hydrogen) atoms. The first-order chi connectivity index (χ1) is 15.0. The van der Waals surface area contributed by atoms with Gasteiger partial charge in [0.25, 0.3) is 5.91 Å². The summed E-state index contributed by atoms with van der Waals surface area (Å²) in [4.78, 5) is 17.7. The van der Waals surface area contributed by atoms with Crippen LogP contribution in [0.15, 0.2) is 40.6 Å². The molecule has 4 rings (SSSR count). The lowest BCUT2D eigenvalue weighted by Gasteiger charge is -2.26. The number of carbonyl (C=O) groups is 1. The Bertz CT molecular complexity index is 1070. The fraction of sp³-hybridized carbons (Fsp3) is 0.455. The minimum absolute atomic E-state index is 0.151. The van der Waals surface area contributed by atoms with Crippen molar-refractivity contribution in [3.8, 4) is 6.07 Å². The van der Waals surface area contributed by atoms with Crippen LogP contribution in [-0.4, -0.2) is 62.8 Å². The van der Waals surface area contributed by atoms with Gasteiger partial charge in [-0.25, -0.2) is 8.42 Å². The summed E-state index contributed by atoms with van der Waals surface area (Å²) in [5, 5.41) is 10.7. The van der Waals surface area contributed by atoms with E-state index in [-0.39, 0.29) is 10.8 Å². The molecule has 0 radical (unpaired) electrons. The molecule has 0 aliphatic carbocycles. The molecule has 2 saturated heterocycles. The number of hydrogen-bond acceptors (Lipinski definition) is 6. The third-order valence-corrected chi connectivity index (χ3v) is 8.87. The molecular formula is C22H26N4O3S2. The average molecular weight is 459 g/mol. The van der Waals surface area contributed by atoms with Crippen LogP contribution in [0.1, 0.15) is 40.9 Å². The highest BCUT2D eigenvalue weighted by atomic mass is 32.2. The molecule has 0 unspecified atom stereocenters. The van der Waals surface area contributed by atoms with E-state index in [1.165, 1.54) is 15.6 Å². The van der Waals surface area contributed by atoms with Crippen LogP contribution in [0.3, 0.4) is 0 Å². The van der Waals surface area contributed by atoms with Crippen LogP contribution in [0.2, 0.25) is 0 Å². The predicted octanol–water partition coefficient (Wildman–Crippen LogP) is 3.15. The average Bonchev–Trinajstić information content (AvgIpc) is 3.18. The standard InChI is InChI=1S/C22H26N4O3S2/c23-17-18-5-7-19(8-6-18)24-10-4-11-25(15-14-24)22(27)21-20(9-16-30-21)31(28,29)26-12-2-1-3-13-26/h5-9,16H,1-4,10-15H2. The number of nitriles is 1. The summed E-state index contributed by atoms with van der Waals surface area (Å²) in [5.74, 6) is -0.202. The van der Waals surface area contributed by atoms with Crippen LogP contribution >= 0.6 is 11.3 Å². The molecule has 2 aliphatic heterocycles. The molecule has 0 saturated carbocycles. The molecule has 9 heteroatoms. The summed E-state index contributed by atoms with van der Waals surface area (Å²) >= 11 is 1.21. The summed E-state index contributed by atoms with van der Waals surface area (Å²) in [7, 11) is -3.64. The molecule has 7 nitrogen and oxygen atoms in total. The molecule has 2 fully saturated rings. The van der Waals surface area contributed by atoms with Crippen LogP contribution in [-0.2, 0) is 10.0 Å². The lowest BCUT2D eigenvalue weighted by Crippen LogP contribution is -2.38. The molecule has 3 heterocycles. The summed E-state index contributed by atoms with van der Waals surface area (Å²) in [5.41, 5.74) is 1.65. The van der Waals surface area contributed by atoms with Gasteiger partial charge < -0.3 is 9.80 Å². The van der Waals surface area contributed by atoms with Crippen molar-refractivity contribution < 1.29 is 13.2 Å². The van der Waals surface area contributed by atoms with Crippen molar-refractivity contribution in [1.29, 1.82) is 5.26 Å². The molecule has 1 aromatic heterocycles. The van der Waals surface area contributed by atoms with Crippen molar-refractivity contribution in [2.45, 2.75) is 30.6 Å². The van der Waals surface area contributed by atoms with Crippen LogP contribution in [0, 0.1) is 11.3 Å². The number of rotatable bonds is 4. The van der Waals surface area contributed by atoms with Gasteiger partial charge in [0.2, 0.25) is 10.0 Å². The van der Waals surface area contributed by atoms with Gasteiger partial charge in [-0.1, -0.05) is 6.42 Å². The van der Waals surface area contributed by atoms with E-state index in [9.17, 15) is 13.2 Å². The van der Waals surface area contributed by atoms with E-state index in [1.54, 1.807) is 28.5 Å². The van der Waals surface area contributed by atoms with E-state index in [2.05, 4.69) is 11.0 Å². The summed E-state index contributed by atoms with van der Waals surface area (Å²) < 4.78 is 27.8. The highest BCUT2D eigenvalue weighted by Crippen LogP contribution is 2.29. The summed E-state index contributed by atoms with van der Waals surface area (Å²) in [6, 6.07) is 11.2. The fourth-order valence-corrected chi connectivity index (χ4v) is 7.05. The first-order valence-corrected chi connectivity index (χ1v) is 12.9. The lowest BCUT2D eigenvalue weighted by molar-refractivity contribution is 0.0768. The van der Waals surface area contributed by atoms with Crippen LogP contribution in [0.25, 0.3) is 0 Å². The Labute approximate surface area is 187 Å². The number of hydrogen-bond donors (Lipinski definition) is 0. The number of piperidine rings is 1. The van der Waals surface area contributed by atoms with Gasteiger partial charge in [0.1, 0.15) is 9.77 Å². The second-order valence-corrected chi connectivity index (χ2v) is 10.7. The minimum Gasteiger partial charge on any atom is -0.370 e. The molecular weight excluding hydrogens is 432 g/mol. The molecule has 0 bridgehead atoms. The Morgan fingerprint density at radius 1 is 0.903 bits per heavy atom. The van der Waals surface area contributed by atoms with Crippen molar-refractivity contribution in [3.05, 3.63) is 46.2 Å². The zero-order chi connectivity index (χ0) is 21.8. The Morgan fingerprint density at radius 2 is 1.65 bits per heavy atom. The molecule has 2 aromatic rings. The van der Waals surface area contributed by atoms with E-state index in [4.69, 9.17) is 5.26 Å². The SMILES string of the molecule is N#Cc1ccc(N2CCCN(C(=O)c3sccc3S(=O)(=O)N3CCCCC3)CC2)cc1. The molecule has 0 spiro atoms. The third-order valence-electron chi connectivity index (χ3n) is 5.90. The number of thiophene rings is 1. The zero-order valence-corrected chi connectivity index (χ0v) is 19.0. The fourth-order valence-electron chi connectivity index (χ4n) is 4.17. The number of amides is 1. The van der Waals surface area contributed by atoms with Gasteiger partial charge in [-0.2, -0.15) is 9.57 Å². The third kappa shape index (κ3) is 4.61. The topological polar surface area (TPSA) is 84.7 Å². The number of sulfonamides is 1. The van der Waals surface area contributed by atoms with Gasteiger partial charge in [0.15, 0.2) is 0 Å². The zero-order valence-electron chi connectivity index (χ0n) is 17.4. The minimum atomic E-state index is -3.64.